The lowest BCUT2D eigenvalue weighted by atomic mass is 10.3. The first-order chi connectivity index (χ1) is 12.7. The van der Waals surface area contributed by atoms with Crippen molar-refractivity contribution in [3.8, 4) is 0 Å². The van der Waals surface area contributed by atoms with E-state index in [0.717, 1.165) is 0 Å². The van der Waals surface area contributed by atoms with Gasteiger partial charge in [0.05, 0.1) is 25.3 Å². The number of hydrogen-bond donors (Lipinski definition) is 1. The SMILES string of the molecule is CCOC(=O)c1oc(CC(C)=O)nc1C.CCOC(=O)c1oc(N)cc1C. The highest BCUT2D eigenvalue weighted by molar-refractivity contribution is 5.88. The third-order valence-electron chi connectivity index (χ3n) is 3.10. The molecule has 2 N–H and O–H groups in total. The molecule has 27 heavy (non-hydrogen) atoms. The summed E-state index contributed by atoms with van der Waals surface area (Å²) in [5.74, 6) is -0.322. The number of carbonyl (C=O) groups excluding carboxylic acids is 3. The molecule has 2 heterocycles. The van der Waals surface area contributed by atoms with Crippen LogP contribution in [0.25, 0.3) is 0 Å². The lowest BCUT2D eigenvalue weighted by molar-refractivity contribution is -0.116. The largest absolute Gasteiger partial charge is 0.460 e. The Hall–Kier alpha value is -3.10. The molecule has 0 aliphatic heterocycles. The smallest absolute Gasteiger partial charge is 0.376 e. The molecule has 2 rings (SSSR count). The zero-order valence-corrected chi connectivity index (χ0v) is 16.1. The quantitative estimate of drug-likeness (QED) is 0.750. The third-order valence-corrected chi connectivity index (χ3v) is 3.10. The molecule has 0 amide bonds. The lowest BCUT2D eigenvalue weighted by Crippen LogP contribution is -2.04. The van der Waals surface area contributed by atoms with Crippen LogP contribution in [-0.2, 0) is 20.7 Å². The third kappa shape index (κ3) is 6.61. The Labute approximate surface area is 156 Å². The van der Waals surface area contributed by atoms with Gasteiger partial charge < -0.3 is 24.0 Å². The van der Waals surface area contributed by atoms with Crippen molar-refractivity contribution >= 4 is 23.6 Å². The van der Waals surface area contributed by atoms with Crippen LogP contribution in [-0.4, -0.2) is 35.9 Å². The number of anilines is 1. The van der Waals surface area contributed by atoms with Crippen molar-refractivity contribution in [1.82, 2.24) is 4.98 Å². The van der Waals surface area contributed by atoms with E-state index in [1.807, 2.05) is 0 Å². The second kappa shape index (κ2) is 10.1. The first-order valence-corrected chi connectivity index (χ1v) is 8.35. The van der Waals surface area contributed by atoms with E-state index in [1.165, 1.54) is 6.92 Å². The number of ketones is 1. The average molecular weight is 380 g/mol. The Bertz CT molecular complexity index is 805. The molecule has 0 bridgehead atoms. The first kappa shape index (κ1) is 21.9. The molecule has 2 aromatic heterocycles. The van der Waals surface area contributed by atoms with Crippen LogP contribution in [0.15, 0.2) is 14.9 Å². The van der Waals surface area contributed by atoms with Gasteiger partial charge in [-0.2, -0.15) is 0 Å². The molecule has 0 aromatic carbocycles. The van der Waals surface area contributed by atoms with Crippen LogP contribution in [0, 0.1) is 13.8 Å². The van der Waals surface area contributed by atoms with Gasteiger partial charge in [-0.05, 0) is 34.6 Å². The van der Waals surface area contributed by atoms with Crippen molar-refractivity contribution in [2.24, 2.45) is 0 Å². The molecular weight excluding hydrogens is 356 g/mol. The number of ether oxygens (including phenoxy) is 2. The van der Waals surface area contributed by atoms with Gasteiger partial charge in [-0.25, -0.2) is 14.6 Å². The molecule has 0 spiro atoms. The topological polar surface area (TPSA) is 135 Å². The van der Waals surface area contributed by atoms with Gasteiger partial charge in [0.15, 0.2) is 5.88 Å². The highest BCUT2D eigenvalue weighted by atomic mass is 16.5. The van der Waals surface area contributed by atoms with E-state index >= 15 is 0 Å². The summed E-state index contributed by atoms with van der Waals surface area (Å²) in [5, 5.41) is 0. The molecule has 0 saturated carbocycles. The normalized spacial score (nSPS) is 9.96. The molecule has 0 saturated heterocycles. The minimum Gasteiger partial charge on any atom is -0.460 e. The summed E-state index contributed by atoms with van der Waals surface area (Å²) < 4.78 is 19.6. The fourth-order valence-corrected chi connectivity index (χ4v) is 2.03. The number of esters is 2. The number of aromatic nitrogens is 1. The zero-order valence-electron chi connectivity index (χ0n) is 16.1. The van der Waals surface area contributed by atoms with E-state index in [4.69, 9.17) is 24.0 Å². The number of aryl methyl sites for hydroxylation is 2. The number of furan rings is 1. The van der Waals surface area contributed by atoms with Crippen LogP contribution in [0.5, 0.6) is 0 Å². The molecule has 148 valence electrons. The van der Waals surface area contributed by atoms with E-state index in [9.17, 15) is 14.4 Å². The van der Waals surface area contributed by atoms with Gasteiger partial charge in [0.2, 0.25) is 17.4 Å². The van der Waals surface area contributed by atoms with Crippen LogP contribution in [0.1, 0.15) is 59.0 Å². The van der Waals surface area contributed by atoms with Crippen molar-refractivity contribution in [3.05, 3.63) is 34.7 Å². The maximum Gasteiger partial charge on any atom is 0.376 e. The van der Waals surface area contributed by atoms with Gasteiger partial charge in [-0.1, -0.05) is 0 Å². The summed E-state index contributed by atoms with van der Waals surface area (Å²) >= 11 is 0. The van der Waals surface area contributed by atoms with Crippen molar-refractivity contribution in [1.29, 1.82) is 0 Å². The number of nitrogens with two attached hydrogens (primary N) is 1. The summed E-state index contributed by atoms with van der Waals surface area (Å²) in [6.45, 7) is 8.87. The number of oxazole rings is 1. The molecule has 9 heteroatoms. The molecule has 0 radical (unpaired) electrons. The summed E-state index contributed by atoms with van der Waals surface area (Å²) in [6.07, 6.45) is 0.0975. The Balaban J connectivity index is 0.000000277. The summed E-state index contributed by atoms with van der Waals surface area (Å²) in [5.41, 5.74) is 6.49. The monoisotopic (exact) mass is 380 g/mol. The predicted octanol–water partition coefficient (Wildman–Crippen LogP) is 2.64. The molecule has 0 aliphatic carbocycles. The summed E-state index contributed by atoms with van der Waals surface area (Å²) in [7, 11) is 0. The maximum absolute atomic E-state index is 11.3. The molecule has 0 atom stereocenters. The Morgan fingerprint density at radius 2 is 1.59 bits per heavy atom. The second-order valence-electron chi connectivity index (χ2n) is 5.50. The van der Waals surface area contributed by atoms with E-state index in [2.05, 4.69) is 4.98 Å². The zero-order chi connectivity index (χ0) is 20.6. The molecule has 9 nitrogen and oxygen atoms in total. The molecule has 2 aromatic rings. The molecular formula is C18H24N2O7. The number of carbonyl (C=O) groups is 3. The Kier molecular flexibility index (Phi) is 8.25. The van der Waals surface area contributed by atoms with Gasteiger partial charge in [-0.3, -0.25) is 4.79 Å². The minimum atomic E-state index is -0.544. The minimum absolute atomic E-state index is 0.0633. The Morgan fingerprint density at radius 1 is 1.04 bits per heavy atom. The number of Topliss-reactive ketones (excluding diaryl/α,β-unsaturated/α-hetero) is 1. The van der Waals surface area contributed by atoms with Gasteiger partial charge in [0.25, 0.3) is 0 Å². The van der Waals surface area contributed by atoms with E-state index < -0.39 is 11.9 Å². The predicted molar refractivity (Wildman–Crippen MR) is 95.4 cm³/mol. The van der Waals surface area contributed by atoms with Crippen LogP contribution >= 0.6 is 0 Å². The molecule has 0 unspecified atom stereocenters. The van der Waals surface area contributed by atoms with Crippen molar-refractivity contribution in [3.63, 3.8) is 0 Å². The van der Waals surface area contributed by atoms with Crippen molar-refractivity contribution in [2.45, 2.75) is 41.0 Å². The maximum atomic E-state index is 11.3. The van der Waals surface area contributed by atoms with Crippen LogP contribution in [0.2, 0.25) is 0 Å². The molecule has 0 aliphatic rings. The number of hydrogen-bond acceptors (Lipinski definition) is 9. The van der Waals surface area contributed by atoms with Crippen LogP contribution < -0.4 is 5.73 Å². The van der Waals surface area contributed by atoms with Crippen molar-refractivity contribution < 1.29 is 32.7 Å². The summed E-state index contributed by atoms with van der Waals surface area (Å²) in [4.78, 5) is 37.2. The van der Waals surface area contributed by atoms with Crippen LogP contribution in [0.4, 0.5) is 5.88 Å². The highest BCUT2D eigenvalue weighted by Crippen LogP contribution is 2.16. The first-order valence-electron chi connectivity index (χ1n) is 8.35. The summed E-state index contributed by atoms with van der Waals surface area (Å²) in [6, 6.07) is 1.59. The number of nitrogen functional groups attached to an aromatic ring is 1. The van der Waals surface area contributed by atoms with Crippen molar-refractivity contribution in [2.75, 3.05) is 18.9 Å². The molecule has 0 fully saturated rings. The number of nitrogens with zero attached hydrogens (tertiary/aromatic N) is 1. The van der Waals surface area contributed by atoms with Gasteiger partial charge in [0, 0.05) is 11.6 Å². The second-order valence-corrected chi connectivity index (χ2v) is 5.50. The van der Waals surface area contributed by atoms with Crippen LogP contribution in [0.3, 0.4) is 0 Å². The van der Waals surface area contributed by atoms with Gasteiger partial charge in [-0.15, -0.1) is 0 Å². The Morgan fingerprint density at radius 3 is 2.04 bits per heavy atom. The van der Waals surface area contributed by atoms with E-state index in [-0.39, 0.29) is 42.1 Å². The average Bonchev–Trinajstić information content (AvgIpc) is 3.09. The van der Waals surface area contributed by atoms with E-state index in [1.54, 1.807) is 33.8 Å². The standard InChI is InChI=1S/C10H13NO4.C8H11NO3/c1-4-14-10(13)9-7(3)11-8(15-9)5-6(2)12;1-3-11-8(10)7-5(2)4-6(9)12-7/h4-5H2,1-3H3;4H,3,9H2,1-2H3. The van der Waals surface area contributed by atoms with Gasteiger partial charge >= 0.3 is 11.9 Å². The fraction of sp³-hybridized carbons (Fsp3) is 0.444. The number of rotatable bonds is 6. The van der Waals surface area contributed by atoms with Gasteiger partial charge in [0.1, 0.15) is 5.78 Å². The lowest BCUT2D eigenvalue weighted by Gasteiger charge is -1.97. The van der Waals surface area contributed by atoms with E-state index in [0.29, 0.717) is 17.9 Å². The fourth-order valence-electron chi connectivity index (χ4n) is 2.03. The highest BCUT2D eigenvalue weighted by Gasteiger charge is 2.19.